The van der Waals surface area contributed by atoms with Crippen LogP contribution in [-0.2, 0) is 10.0 Å². The van der Waals surface area contributed by atoms with Gasteiger partial charge in [-0.05, 0) is 6.42 Å². The molecule has 15 heavy (non-hydrogen) atoms. The van der Waals surface area contributed by atoms with Gasteiger partial charge in [0.15, 0.2) is 0 Å². The predicted octanol–water partition coefficient (Wildman–Crippen LogP) is 0.430. The standard InChI is InChI=1S/C8H16N2O2S3/c1-2-7(8(9)13)15(11,12)10-3-5-14-6-4-10/h7H,2-6H2,1H3,(H2,9,13). The molecule has 0 amide bonds. The number of hydrogen-bond acceptors (Lipinski definition) is 4. The number of hydrogen-bond donors (Lipinski definition) is 1. The molecule has 1 saturated heterocycles. The fourth-order valence-corrected chi connectivity index (χ4v) is 4.97. The second kappa shape index (κ2) is 5.47. The van der Waals surface area contributed by atoms with Crippen LogP contribution in [-0.4, -0.2) is 47.6 Å². The third-order valence-corrected chi connectivity index (χ3v) is 6.15. The quantitative estimate of drug-likeness (QED) is 0.749. The molecule has 1 unspecified atom stereocenters. The van der Waals surface area contributed by atoms with Gasteiger partial charge in [0.05, 0.1) is 4.99 Å². The number of nitrogens with two attached hydrogens (primary N) is 1. The van der Waals surface area contributed by atoms with Crippen molar-refractivity contribution in [3.63, 3.8) is 0 Å². The van der Waals surface area contributed by atoms with Crippen LogP contribution in [0.4, 0.5) is 0 Å². The van der Waals surface area contributed by atoms with E-state index in [0.29, 0.717) is 19.5 Å². The molecule has 0 aromatic carbocycles. The van der Waals surface area contributed by atoms with E-state index in [-0.39, 0.29) is 4.99 Å². The van der Waals surface area contributed by atoms with E-state index >= 15 is 0 Å². The van der Waals surface area contributed by atoms with Crippen molar-refractivity contribution in [1.82, 2.24) is 4.31 Å². The number of thioether (sulfide) groups is 1. The molecule has 4 nitrogen and oxygen atoms in total. The molecule has 88 valence electrons. The highest BCUT2D eigenvalue weighted by Crippen LogP contribution is 2.18. The molecule has 0 spiro atoms. The van der Waals surface area contributed by atoms with Crippen molar-refractivity contribution in [1.29, 1.82) is 0 Å². The third-order valence-electron chi connectivity index (χ3n) is 2.38. The number of sulfonamides is 1. The van der Waals surface area contributed by atoms with Gasteiger partial charge in [0.2, 0.25) is 10.0 Å². The molecule has 0 aliphatic carbocycles. The van der Waals surface area contributed by atoms with Gasteiger partial charge < -0.3 is 5.73 Å². The summed E-state index contributed by atoms with van der Waals surface area (Å²) in [6.45, 7) is 2.94. The van der Waals surface area contributed by atoms with Gasteiger partial charge in [-0.25, -0.2) is 8.42 Å². The van der Waals surface area contributed by atoms with Crippen LogP contribution >= 0.6 is 24.0 Å². The summed E-state index contributed by atoms with van der Waals surface area (Å²) in [5.74, 6) is 1.71. The molecular formula is C8H16N2O2S3. The van der Waals surface area contributed by atoms with E-state index in [9.17, 15) is 8.42 Å². The molecule has 1 fully saturated rings. The van der Waals surface area contributed by atoms with Gasteiger partial charge >= 0.3 is 0 Å². The fourth-order valence-electron chi connectivity index (χ4n) is 1.54. The summed E-state index contributed by atoms with van der Waals surface area (Å²) < 4.78 is 25.7. The van der Waals surface area contributed by atoms with E-state index in [1.165, 1.54) is 4.31 Å². The summed E-state index contributed by atoms with van der Waals surface area (Å²) in [4.78, 5) is 0.0794. The first kappa shape index (κ1) is 13.2. The van der Waals surface area contributed by atoms with E-state index in [0.717, 1.165) is 11.5 Å². The van der Waals surface area contributed by atoms with Gasteiger partial charge in [-0.3, -0.25) is 0 Å². The molecular weight excluding hydrogens is 252 g/mol. The lowest BCUT2D eigenvalue weighted by atomic mass is 10.3. The van der Waals surface area contributed by atoms with Gasteiger partial charge in [0.25, 0.3) is 0 Å². The topological polar surface area (TPSA) is 63.4 Å². The second-order valence-corrected chi connectivity index (χ2v) is 7.17. The summed E-state index contributed by atoms with van der Waals surface area (Å²) in [6.07, 6.45) is 0.446. The van der Waals surface area contributed by atoms with Crippen molar-refractivity contribution in [2.24, 2.45) is 5.73 Å². The smallest absolute Gasteiger partial charge is 0.223 e. The molecule has 7 heteroatoms. The van der Waals surface area contributed by atoms with Crippen molar-refractivity contribution >= 4 is 39.0 Å². The van der Waals surface area contributed by atoms with Crippen molar-refractivity contribution in [3.8, 4) is 0 Å². The molecule has 2 N–H and O–H groups in total. The highest BCUT2D eigenvalue weighted by Gasteiger charge is 2.33. The Balaban J connectivity index is 2.84. The van der Waals surface area contributed by atoms with E-state index < -0.39 is 15.3 Å². The van der Waals surface area contributed by atoms with Gasteiger partial charge in [-0.1, -0.05) is 19.1 Å². The van der Waals surface area contributed by atoms with Crippen LogP contribution in [0.2, 0.25) is 0 Å². The Kier molecular flexibility index (Phi) is 4.82. The number of nitrogens with zero attached hydrogens (tertiary/aromatic N) is 1. The molecule has 0 bridgehead atoms. The number of thiocarbonyl (C=S) groups is 1. The van der Waals surface area contributed by atoms with E-state index in [4.69, 9.17) is 18.0 Å². The second-order valence-electron chi connectivity index (χ2n) is 3.36. The highest BCUT2D eigenvalue weighted by molar-refractivity contribution is 7.99. The Hall–Kier alpha value is 0.150. The van der Waals surface area contributed by atoms with Crippen LogP contribution < -0.4 is 5.73 Å². The molecule has 1 heterocycles. The first-order chi connectivity index (χ1) is 7.00. The minimum absolute atomic E-state index is 0.0794. The predicted molar refractivity (Wildman–Crippen MR) is 68.7 cm³/mol. The first-order valence-corrected chi connectivity index (χ1v) is 7.92. The maximum atomic E-state index is 12.1. The molecule has 1 rings (SSSR count). The maximum Gasteiger partial charge on any atom is 0.223 e. The van der Waals surface area contributed by atoms with Crippen LogP contribution in [0.5, 0.6) is 0 Å². The van der Waals surface area contributed by atoms with Crippen molar-refractivity contribution in [3.05, 3.63) is 0 Å². The highest BCUT2D eigenvalue weighted by atomic mass is 32.2. The van der Waals surface area contributed by atoms with Gasteiger partial charge in [-0.15, -0.1) is 0 Å². The Morgan fingerprint density at radius 1 is 1.53 bits per heavy atom. The molecule has 1 aliphatic heterocycles. The fraction of sp³-hybridized carbons (Fsp3) is 0.875. The number of rotatable bonds is 4. The molecule has 0 aromatic heterocycles. The third kappa shape index (κ3) is 3.05. The van der Waals surface area contributed by atoms with Gasteiger partial charge in [0.1, 0.15) is 5.25 Å². The lowest BCUT2D eigenvalue weighted by Gasteiger charge is -2.29. The summed E-state index contributed by atoms with van der Waals surface area (Å²) in [6, 6.07) is 0. The Labute approximate surface area is 101 Å². The van der Waals surface area contributed by atoms with Crippen LogP contribution in [0.1, 0.15) is 13.3 Å². The zero-order valence-electron chi connectivity index (χ0n) is 8.68. The van der Waals surface area contributed by atoms with Gasteiger partial charge in [0, 0.05) is 24.6 Å². The van der Waals surface area contributed by atoms with Crippen molar-refractivity contribution < 1.29 is 8.42 Å². The largest absolute Gasteiger partial charge is 0.392 e. The summed E-state index contributed by atoms with van der Waals surface area (Å²) in [5, 5.41) is -0.699. The monoisotopic (exact) mass is 268 g/mol. The van der Waals surface area contributed by atoms with Crippen LogP contribution in [0.15, 0.2) is 0 Å². The summed E-state index contributed by atoms with van der Waals surface area (Å²) >= 11 is 6.57. The van der Waals surface area contributed by atoms with E-state index in [1.54, 1.807) is 18.7 Å². The van der Waals surface area contributed by atoms with Crippen LogP contribution in [0, 0.1) is 0 Å². The van der Waals surface area contributed by atoms with Crippen LogP contribution in [0.3, 0.4) is 0 Å². The van der Waals surface area contributed by atoms with Crippen LogP contribution in [0.25, 0.3) is 0 Å². The zero-order valence-corrected chi connectivity index (χ0v) is 11.1. The van der Waals surface area contributed by atoms with Crippen molar-refractivity contribution in [2.45, 2.75) is 18.6 Å². The average Bonchev–Trinajstić information content (AvgIpc) is 2.19. The maximum absolute atomic E-state index is 12.1. The van der Waals surface area contributed by atoms with E-state index in [1.807, 2.05) is 0 Å². The Morgan fingerprint density at radius 3 is 2.47 bits per heavy atom. The van der Waals surface area contributed by atoms with E-state index in [2.05, 4.69) is 0 Å². The average molecular weight is 268 g/mol. The Morgan fingerprint density at radius 2 is 2.07 bits per heavy atom. The first-order valence-electron chi connectivity index (χ1n) is 4.86. The molecule has 0 saturated carbocycles. The SMILES string of the molecule is CCC(C(N)=S)S(=O)(=O)N1CCSCC1. The lowest BCUT2D eigenvalue weighted by Crippen LogP contribution is -2.47. The lowest BCUT2D eigenvalue weighted by molar-refractivity contribution is 0.439. The molecule has 0 aromatic rings. The minimum atomic E-state index is -3.32. The molecule has 0 radical (unpaired) electrons. The van der Waals surface area contributed by atoms with Gasteiger partial charge in [-0.2, -0.15) is 16.1 Å². The zero-order chi connectivity index (χ0) is 11.5. The molecule has 1 atom stereocenters. The minimum Gasteiger partial charge on any atom is -0.392 e. The summed E-state index contributed by atoms with van der Waals surface area (Å²) in [7, 11) is -3.32. The molecule has 1 aliphatic rings. The Bertz CT molecular complexity index is 323. The normalized spacial score (nSPS) is 21.1. The summed E-state index contributed by atoms with van der Waals surface area (Å²) in [5.41, 5.74) is 5.46. The van der Waals surface area contributed by atoms with Crippen molar-refractivity contribution in [2.75, 3.05) is 24.6 Å².